The van der Waals surface area contributed by atoms with Crippen LogP contribution in [0.3, 0.4) is 0 Å². The van der Waals surface area contributed by atoms with Gasteiger partial charge in [-0.1, -0.05) is 62.4 Å². The Morgan fingerprint density at radius 1 is 0.682 bits per heavy atom. The minimum Gasteiger partial charge on any atom is -0.457 e. The van der Waals surface area contributed by atoms with Gasteiger partial charge in [-0.15, -0.1) is 0 Å². The Kier molecular flexibility index (Phi) is 10.2. The summed E-state index contributed by atoms with van der Waals surface area (Å²) >= 11 is 0. The minimum atomic E-state index is -4.74. The first-order chi connectivity index (χ1) is 20.8. The molecule has 0 aromatic heterocycles. The first-order valence-corrected chi connectivity index (χ1v) is 13.6. The summed E-state index contributed by atoms with van der Waals surface area (Å²) in [5.41, 5.74) is 1.31. The molecular formula is C33H30F7NO3. The molecule has 2 atom stereocenters. The SMILES string of the molecule is CC(C)c1cccc(Oc2cccc(C(NC(CO)c3ccc(C(F)(F)F)cc3)c3cccc(OC(F)(F)C(F)F)c3)c2)c1. The number of benzene rings is 4. The van der Waals surface area contributed by atoms with Crippen molar-refractivity contribution in [1.82, 2.24) is 5.32 Å². The molecule has 2 N–H and O–H groups in total. The van der Waals surface area contributed by atoms with E-state index in [0.717, 1.165) is 29.8 Å². The molecule has 4 nitrogen and oxygen atoms in total. The number of aliphatic hydroxyl groups excluding tert-OH is 1. The van der Waals surface area contributed by atoms with Crippen molar-refractivity contribution in [3.05, 3.63) is 125 Å². The van der Waals surface area contributed by atoms with E-state index in [1.54, 1.807) is 30.3 Å². The topological polar surface area (TPSA) is 50.7 Å². The van der Waals surface area contributed by atoms with Crippen LogP contribution in [0, 0.1) is 0 Å². The van der Waals surface area contributed by atoms with Gasteiger partial charge < -0.3 is 14.6 Å². The number of hydrogen-bond donors (Lipinski definition) is 2. The molecular weight excluding hydrogens is 591 g/mol. The molecule has 4 rings (SSSR count). The summed E-state index contributed by atoms with van der Waals surface area (Å²) in [6.07, 6.45) is -13.4. The summed E-state index contributed by atoms with van der Waals surface area (Å²) in [6, 6.07) is 21.8. The third-order valence-corrected chi connectivity index (χ3v) is 6.84. The first kappa shape index (κ1) is 32.8. The standard InChI is InChI=1S/C33H30F7NO3/c1-20(2)22-6-3-9-26(16-22)43-27-10-4-7-23(17-27)30(24-8-5-11-28(18-24)44-33(39,40)31(34)35)41-29(19-42)21-12-14-25(15-13-21)32(36,37)38/h3-18,20,29-31,41-42H,19H2,1-2H3. The quantitative estimate of drug-likeness (QED) is 0.155. The highest BCUT2D eigenvalue weighted by atomic mass is 19.4. The van der Waals surface area contributed by atoms with E-state index in [0.29, 0.717) is 22.6 Å². The zero-order valence-corrected chi connectivity index (χ0v) is 23.7. The summed E-state index contributed by atoms with van der Waals surface area (Å²) < 4.78 is 103. The fourth-order valence-electron chi connectivity index (χ4n) is 4.53. The monoisotopic (exact) mass is 621 g/mol. The number of hydrogen-bond acceptors (Lipinski definition) is 4. The Hall–Kier alpha value is -4.09. The number of nitrogens with one attached hydrogen (secondary N) is 1. The zero-order chi connectivity index (χ0) is 32.1. The van der Waals surface area contributed by atoms with E-state index >= 15 is 0 Å². The van der Waals surface area contributed by atoms with Crippen molar-refractivity contribution in [2.45, 2.75) is 50.6 Å². The molecule has 0 bridgehead atoms. The third-order valence-electron chi connectivity index (χ3n) is 6.84. The second kappa shape index (κ2) is 13.7. The van der Waals surface area contributed by atoms with E-state index in [2.05, 4.69) is 10.1 Å². The number of rotatable bonds is 12. The van der Waals surface area contributed by atoms with Gasteiger partial charge in [-0.25, -0.2) is 0 Å². The van der Waals surface area contributed by atoms with Crippen LogP contribution < -0.4 is 14.8 Å². The van der Waals surface area contributed by atoms with E-state index in [1.165, 1.54) is 24.3 Å². The van der Waals surface area contributed by atoms with Crippen LogP contribution in [0.5, 0.6) is 17.2 Å². The van der Waals surface area contributed by atoms with Crippen LogP contribution in [0.15, 0.2) is 97.1 Å². The maximum atomic E-state index is 13.7. The molecule has 234 valence electrons. The van der Waals surface area contributed by atoms with Gasteiger partial charge in [0.15, 0.2) is 0 Å². The Balaban J connectivity index is 1.72. The summed E-state index contributed by atoms with van der Waals surface area (Å²) in [5, 5.41) is 13.4. The van der Waals surface area contributed by atoms with Crippen LogP contribution in [0.25, 0.3) is 0 Å². The molecule has 0 spiro atoms. The fourth-order valence-corrected chi connectivity index (χ4v) is 4.53. The lowest BCUT2D eigenvalue weighted by Crippen LogP contribution is -2.33. The third kappa shape index (κ3) is 8.29. The summed E-state index contributed by atoms with van der Waals surface area (Å²) in [5.74, 6) is 0.709. The van der Waals surface area contributed by atoms with Gasteiger partial charge in [-0.3, -0.25) is 5.32 Å². The summed E-state index contributed by atoms with van der Waals surface area (Å²) in [6.45, 7) is 3.54. The molecule has 44 heavy (non-hydrogen) atoms. The molecule has 0 radical (unpaired) electrons. The van der Waals surface area contributed by atoms with Crippen molar-refractivity contribution in [1.29, 1.82) is 0 Å². The molecule has 4 aromatic rings. The molecule has 0 aliphatic carbocycles. The van der Waals surface area contributed by atoms with Crippen molar-refractivity contribution < 1.29 is 45.3 Å². The van der Waals surface area contributed by atoms with Crippen LogP contribution in [0.1, 0.15) is 59.7 Å². The highest BCUT2D eigenvalue weighted by Crippen LogP contribution is 2.35. The second-order valence-electron chi connectivity index (χ2n) is 10.4. The molecule has 0 heterocycles. The van der Waals surface area contributed by atoms with E-state index < -0.39 is 48.7 Å². The van der Waals surface area contributed by atoms with Crippen LogP contribution in [0.4, 0.5) is 30.7 Å². The highest BCUT2D eigenvalue weighted by molar-refractivity contribution is 5.42. The minimum absolute atomic E-state index is 0.256. The number of ether oxygens (including phenoxy) is 2. The van der Waals surface area contributed by atoms with Gasteiger partial charge in [0.1, 0.15) is 17.2 Å². The highest BCUT2D eigenvalue weighted by Gasteiger charge is 2.44. The average Bonchev–Trinajstić information content (AvgIpc) is 2.97. The molecule has 4 aromatic carbocycles. The van der Waals surface area contributed by atoms with Gasteiger partial charge in [-0.05, 0) is 76.7 Å². The van der Waals surface area contributed by atoms with Gasteiger partial charge in [0.25, 0.3) is 0 Å². The maximum absolute atomic E-state index is 13.7. The summed E-state index contributed by atoms with van der Waals surface area (Å²) in [4.78, 5) is 0. The lowest BCUT2D eigenvalue weighted by Gasteiger charge is -2.27. The van der Waals surface area contributed by atoms with Crippen LogP contribution in [-0.4, -0.2) is 24.2 Å². The predicted molar refractivity (Wildman–Crippen MR) is 151 cm³/mol. The smallest absolute Gasteiger partial charge is 0.457 e. The number of halogens is 7. The Labute approximate surface area is 250 Å². The van der Waals surface area contributed by atoms with E-state index in [-0.39, 0.29) is 11.5 Å². The van der Waals surface area contributed by atoms with Crippen LogP contribution >= 0.6 is 0 Å². The van der Waals surface area contributed by atoms with E-state index in [4.69, 9.17) is 4.74 Å². The van der Waals surface area contributed by atoms with Crippen molar-refractivity contribution in [3.63, 3.8) is 0 Å². The van der Waals surface area contributed by atoms with E-state index in [9.17, 15) is 35.8 Å². The van der Waals surface area contributed by atoms with Crippen molar-refractivity contribution >= 4 is 0 Å². The van der Waals surface area contributed by atoms with Crippen molar-refractivity contribution in [3.8, 4) is 17.2 Å². The average molecular weight is 622 g/mol. The first-order valence-electron chi connectivity index (χ1n) is 13.6. The second-order valence-corrected chi connectivity index (χ2v) is 10.4. The molecule has 0 aliphatic rings. The zero-order valence-electron chi connectivity index (χ0n) is 23.7. The lowest BCUT2D eigenvalue weighted by molar-refractivity contribution is -0.253. The van der Waals surface area contributed by atoms with Crippen LogP contribution in [0.2, 0.25) is 0 Å². The van der Waals surface area contributed by atoms with Gasteiger partial charge in [-0.2, -0.15) is 30.7 Å². The maximum Gasteiger partial charge on any atom is 0.461 e. The van der Waals surface area contributed by atoms with Gasteiger partial charge in [0.05, 0.1) is 24.3 Å². The summed E-state index contributed by atoms with van der Waals surface area (Å²) in [7, 11) is 0. The Bertz CT molecular complexity index is 1520. The fraction of sp³-hybridized carbons (Fsp3) is 0.273. The molecule has 0 saturated carbocycles. The molecule has 0 saturated heterocycles. The van der Waals surface area contributed by atoms with Crippen molar-refractivity contribution in [2.75, 3.05) is 6.61 Å². The number of alkyl halides is 7. The van der Waals surface area contributed by atoms with Gasteiger partial charge in [0, 0.05) is 0 Å². The normalized spacial score (nSPS) is 13.6. The molecule has 0 aliphatic heterocycles. The predicted octanol–water partition coefficient (Wildman–Crippen LogP) is 9.27. The van der Waals surface area contributed by atoms with Crippen LogP contribution in [-0.2, 0) is 6.18 Å². The lowest BCUT2D eigenvalue weighted by atomic mass is 9.95. The molecule has 11 heteroatoms. The van der Waals surface area contributed by atoms with Gasteiger partial charge in [0.2, 0.25) is 0 Å². The van der Waals surface area contributed by atoms with Crippen molar-refractivity contribution in [2.24, 2.45) is 0 Å². The molecule has 0 fully saturated rings. The molecule has 2 unspecified atom stereocenters. The largest absolute Gasteiger partial charge is 0.461 e. The Morgan fingerprint density at radius 2 is 1.18 bits per heavy atom. The number of aliphatic hydroxyl groups is 1. The van der Waals surface area contributed by atoms with E-state index in [1.807, 2.05) is 32.0 Å². The molecule has 0 amide bonds. The van der Waals surface area contributed by atoms with Gasteiger partial charge >= 0.3 is 18.7 Å². The Morgan fingerprint density at radius 3 is 1.68 bits per heavy atom.